The van der Waals surface area contributed by atoms with Crippen LogP contribution in [0.2, 0.25) is 5.15 Å². The number of halogens is 1. The summed E-state index contributed by atoms with van der Waals surface area (Å²) < 4.78 is 0. The lowest BCUT2D eigenvalue weighted by Crippen LogP contribution is -2.26. The smallest absolute Gasteiger partial charge is 0.225 e. The summed E-state index contributed by atoms with van der Waals surface area (Å²) in [4.78, 5) is 19.8. The van der Waals surface area contributed by atoms with Crippen molar-refractivity contribution < 1.29 is 4.79 Å². The van der Waals surface area contributed by atoms with Crippen molar-refractivity contribution in [3.8, 4) is 0 Å². The van der Waals surface area contributed by atoms with E-state index in [1.165, 1.54) is 6.20 Å². The Bertz CT molecular complexity index is 647. The fourth-order valence-electron chi connectivity index (χ4n) is 2.34. The van der Waals surface area contributed by atoms with Crippen molar-refractivity contribution in [2.45, 2.75) is 12.3 Å². The van der Waals surface area contributed by atoms with Crippen LogP contribution in [0.4, 0.5) is 11.5 Å². The van der Waals surface area contributed by atoms with Gasteiger partial charge in [-0.05, 0) is 11.6 Å². The minimum atomic E-state index is 0.0349. The topological polar surface area (TPSA) is 66.9 Å². The molecule has 0 fully saturated rings. The van der Waals surface area contributed by atoms with Gasteiger partial charge in [0.25, 0.3) is 0 Å². The zero-order valence-corrected chi connectivity index (χ0v) is 11.4. The first-order chi connectivity index (χ1) is 9.72. The van der Waals surface area contributed by atoms with Crippen molar-refractivity contribution in [1.29, 1.82) is 0 Å². The van der Waals surface area contributed by atoms with E-state index in [1.807, 2.05) is 24.3 Å². The van der Waals surface area contributed by atoms with E-state index in [-0.39, 0.29) is 11.8 Å². The largest absolute Gasteiger partial charge is 0.368 e. The molecule has 5 nitrogen and oxygen atoms in total. The van der Waals surface area contributed by atoms with Gasteiger partial charge in [0.15, 0.2) is 0 Å². The number of anilines is 2. The highest BCUT2D eigenvalue weighted by Gasteiger charge is 2.24. The molecule has 0 radical (unpaired) electrons. The molecule has 1 aliphatic rings. The monoisotopic (exact) mass is 288 g/mol. The van der Waals surface area contributed by atoms with Crippen LogP contribution in [0.15, 0.2) is 36.7 Å². The highest BCUT2D eigenvalue weighted by Crippen LogP contribution is 2.31. The molecular formula is C14H13ClN4O. The van der Waals surface area contributed by atoms with E-state index in [0.29, 0.717) is 23.9 Å². The fraction of sp³-hybridized carbons (Fsp3) is 0.214. The molecule has 1 aromatic heterocycles. The molecule has 0 saturated heterocycles. The van der Waals surface area contributed by atoms with E-state index in [4.69, 9.17) is 11.6 Å². The second kappa shape index (κ2) is 5.46. The second-order valence-corrected chi connectivity index (χ2v) is 5.03. The van der Waals surface area contributed by atoms with Crippen molar-refractivity contribution in [1.82, 2.24) is 9.97 Å². The Hall–Kier alpha value is -2.14. The second-order valence-electron chi connectivity index (χ2n) is 4.64. The number of hydrogen-bond acceptors (Lipinski definition) is 4. The number of amides is 1. The van der Waals surface area contributed by atoms with E-state index >= 15 is 0 Å². The number of nitrogens with zero attached hydrogens (tertiary/aromatic N) is 2. The normalized spacial score (nSPS) is 17.2. The number of nitrogens with one attached hydrogen (secondary N) is 2. The summed E-state index contributed by atoms with van der Waals surface area (Å²) >= 11 is 5.79. The quantitative estimate of drug-likeness (QED) is 0.911. The van der Waals surface area contributed by atoms with E-state index in [0.717, 1.165) is 11.3 Å². The summed E-state index contributed by atoms with van der Waals surface area (Å²) in [7, 11) is 0. The number of rotatable bonds is 3. The fourth-order valence-corrected chi connectivity index (χ4v) is 2.49. The van der Waals surface area contributed by atoms with Crippen LogP contribution in [0.5, 0.6) is 0 Å². The number of hydrogen-bond donors (Lipinski definition) is 2. The molecule has 20 heavy (non-hydrogen) atoms. The van der Waals surface area contributed by atoms with Gasteiger partial charge in [0, 0.05) is 24.6 Å². The lowest BCUT2D eigenvalue weighted by molar-refractivity contribution is -0.116. The molecule has 1 unspecified atom stereocenters. The van der Waals surface area contributed by atoms with Gasteiger partial charge >= 0.3 is 0 Å². The van der Waals surface area contributed by atoms with Crippen molar-refractivity contribution in [2.75, 3.05) is 17.2 Å². The predicted octanol–water partition coefficient (Wildman–Crippen LogP) is 2.67. The first kappa shape index (κ1) is 12.9. The van der Waals surface area contributed by atoms with E-state index in [9.17, 15) is 4.79 Å². The average molecular weight is 289 g/mol. The molecular weight excluding hydrogens is 276 g/mol. The van der Waals surface area contributed by atoms with E-state index < -0.39 is 0 Å². The van der Waals surface area contributed by atoms with Gasteiger partial charge in [0.2, 0.25) is 5.91 Å². The van der Waals surface area contributed by atoms with Gasteiger partial charge in [-0.25, -0.2) is 4.98 Å². The average Bonchev–Trinajstić information content (AvgIpc) is 2.44. The third kappa shape index (κ3) is 2.72. The van der Waals surface area contributed by atoms with Crippen molar-refractivity contribution >= 4 is 29.0 Å². The van der Waals surface area contributed by atoms with Gasteiger partial charge < -0.3 is 10.6 Å². The number of benzene rings is 1. The molecule has 0 aliphatic carbocycles. The summed E-state index contributed by atoms with van der Waals surface area (Å²) in [5.74, 6) is 0.759. The summed E-state index contributed by atoms with van der Waals surface area (Å²) in [6.07, 6.45) is 3.55. The third-order valence-electron chi connectivity index (χ3n) is 3.24. The first-order valence-corrected chi connectivity index (χ1v) is 6.70. The molecule has 0 saturated carbocycles. The standard InChI is InChI=1S/C14H13ClN4O/c15-12-7-16-8-13(19-12)17-6-9-5-14(20)18-11-4-2-1-3-10(9)11/h1-4,7-9H,5-6H2,(H,17,19)(H,18,20). The van der Waals surface area contributed by atoms with Crippen molar-refractivity contribution in [3.05, 3.63) is 47.4 Å². The maximum absolute atomic E-state index is 11.7. The summed E-state index contributed by atoms with van der Waals surface area (Å²) in [6, 6.07) is 7.84. The Balaban J connectivity index is 1.76. The minimum Gasteiger partial charge on any atom is -0.368 e. The molecule has 2 N–H and O–H groups in total. The van der Waals surface area contributed by atoms with Crippen LogP contribution in [-0.4, -0.2) is 22.4 Å². The third-order valence-corrected chi connectivity index (χ3v) is 3.42. The van der Waals surface area contributed by atoms with Crippen LogP contribution in [0.1, 0.15) is 17.9 Å². The van der Waals surface area contributed by atoms with Gasteiger partial charge in [-0.15, -0.1) is 0 Å². The molecule has 2 heterocycles. The lowest BCUT2D eigenvalue weighted by atomic mass is 9.90. The van der Waals surface area contributed by atoms with Gasteiger partial charge in [0.1, 0.15) is 11.0 Å². The Morgan fingerprint density at radius 2 is 2.20 bits per heavy atom. The lowest BCUT2D eigenvalue weighted by Gasteiger charge is -2.25. The Labute approximate surface area is 121 Å². The highest BCUT2D eigenvalue weighted by atomic mass is 35.5. The molecule has 0 spiro atoms. The summed E-state index contributed by atoms with van der Waals surface area (Å²) in [5, 5.41) is 6.40. The van der Waals surface area contributed by atoms with Crippen molar-refractivity contribution in [2.24, 2.45) is 0 Å². The zero-order chi connectivity index (χ0) is 13.9. The minimum absolute atomic E-state index is 0.0349. The van der Waals surface area contributed by atoms with Crippen LogP contribution < -0.4 is 10.6 Å². The molecule has 1 atom stereocenters. The van der Waals surface area contributed by atoms with Crippen LogP contribution in [-0.2, 0) is 4.79 Å². The molecule has 1 aliphatic heterocycles. The maximum atomic E-state index is 11.7. The predicted molar refractivity (Wildman–Crippen MR) is 78.0 cm³/mol. The summed E-state index contributed by atoms with van der Waals surface area (Å²) in [5.41, 5.74) is 2.02. The van der Waals surface area contributed by atoms with Gasteiger partial charge in [-0.1, -0.05) is 29.8 Å². The summed E-state index contributed by atoms with van der Waals surface area (Å²) in [6.45, 7) is 0.611. The van der Waals surface area contributed by atoms with Gasteiger partial charge in [0.05, 0.1) is 12.4 Å². The van der Waals surface area contributed by atoms with Crippen molar-refractivity contribution in [3.63, 3.8) is 0 Å². The number of para-hydroxylation sites is 1. The molecule has 0 bridgehead atoms. The molecule has 1 aromatic carbocycles. The number of aromatic nitrogens is 2. The molecule has 2 aromatic rings. The van der Waals surface area contributed by atoms with E-state index in [2.05, 4.69) is 20.6 Å². The van der Waals surface area contributed by atoms with Crippen LogP contribution in [0.25, 0.3) is 0 Å². The zero-order valence-electron chi connectivity index (χ0n) is 10.6. The molecule has 3 rings (SSSR count). The number of carbonyl (C=O) groups is 1. The van der Waals surface area contributed by atoms with Crippen LogP contribution in [0, 0.1) is 0 Å². The SMILES string of the molecule is O=C1CC(CNc2cncc(Cl)n2)c2ccccc2N1. The highest BCUT2D eigenvalue weighted by molar-refractivity contribution is 6.29. The maximum Gasteiger partial charge on any atom is 0.225 e. The van der Waals surface area contributed by atoms with Gasteiger partial charge in [-0.3, -0.25) is 9.78 Å². The molecule has 1 amide bonds. The molecule has 102 valence electrons. The Kier molecular flexibility index (Phi) is 3.52. The number of fused-ring (bicyclic) bond motifs is 1. The van der Waals surface area contributed by atoms with Crippen LogP contribution in [0.3, 0.4) is 0 Å². The molecule has 6 heteroatoms. The van der Waals surface area contributed by atoms with Crippen LogP contribution >= 0.6 is 11.6 Å². The first-order valence-electron chi connectivity index (χ1n) is 6.32. The van der Waals surface area contributed by atoms with E-state index in [1.54, 1.807) is 6.20 Å². The Morgan fingerprint density at radius 3 is 3.05 bits per heavy atom. The Morgan fingerprint density at radius 1 is 1.35 bits per heavy atom. The van der Waals surface area contributed by atoms with Gasteiger partial charge in [-0.2, -0.15) is 0 Å². The number of carbonyl (C=O) groups excluding carboxylic acids is 1.